The van der Waals surface area contributed by atoms with Gasteiger partial charge in [-0.1, -0.05) is 65.4 Å². The Hall–Kier alpha value is -0.485. The van der Waals surface area contributed by atoms with E-state index in [0.717, 1.165) is 46.0 Å². The molecule has 3 aromatic rings. The van der Waals surface area contributed by atoms with Crippen molar-refractivity contribution in [3.05, 3.63) is 68.0 Å². The van der Waals surface area contributed by atoms with Crippen molar-refractivity contribution < 1.29 is 0 Å². The Kier molecular flexibility index (Phi) is 5.41. The Morgan fingerprint density at radius 3 is 1.52 bits per heavy atom. The molecule has 0 aromatic heterocycles. The first-order valence-corrected chi connectivity index (χ1v) is 9.60. The Morgan fingerprint density at radius 1 is 0.565 bits per heavy atom. The van der Waals surface area contributed by atoms with E-state index in [-0.39, 0.29) is 0 Å². The van der Waals surface area contributed by atoms with Crippen LogP contribution in [0.3, 0.4) is 0 Å². The predicted molar refractivity (Wildman–Crippen MR) is 113 cm³/mol. The average Bonchev–Trinajstić information content (AvgIpc) is 2.44. The molecule has 0 atom stereocenters. The maximum absolute atomic E-state index is 5.96. The van der Waals surface area contributed by atoms with E-state index in [0.29, 0.717) is 0 Å². The van der Waals surface area contributed by atoms with Crippen LogP contribution in [-0.2, 0) is 0 Å². The second-order valence-corrected chi connectivity index (χ2v) is 8.46. The van der Waals surface area contributed by atoms with Gasteiger partial charge in [0.15, 0.2) is 0 Å². The largest absolute Gasteiger partial charge is 0.143 e. The van der Waals surface area contributed by atoms with E-state index in [1.165, 1.54) is 0 Å². The third-order valence-corrected chi connectivity index (χ3v) is 5.00. The maximum atomic E-state index is 5.96. The summed E-state index contributed by atoms with van der Waals surface area (Å²) >= 11 is 15.1. The fraction of sp³-hybridized carbons (Fsp3) is 0. The van der Waals surface area contributed by atoms with Crippen LogP contribution in [0.4, 0.5) is 0 Å². The highest BCUT2D eigenvalue weighted by molar-refractivity contribution is 9.11. The van der Waals surface area contributed by atoms with Crippen LogP contribution in [0, 0.1) is 0 Å². The van der Waals surface area contributed by atoms with E-state index in [9.17, 15) is 0 Å². The highest BCUT2D eigenvalue weighted by Gasteiger charge is 2.07. The molecule has 0 unspecified atom stereocenters. The van der Waals surface area contributed by atoms with Crippen LogP contribution in [0.25, 0.3) is 22.3 Å². The highest BCUT2D eigenvalue weighted by atomic mass is 79.9. The fourth-order valence-corrected chi connectivity index (χ4v) is 4.53. The van der Waals surface area contributed by atoms with Crippen molar-refractivity contribution in [3.8, 4) is 22.3 Å². The molecule has 0 spiro atoms. The molecule has 2 radical (unpaired) electrons. The first-order valence-electron chi connectivity index (χ1n) is 6.78. The van der Waals surface area contributed by atoms with Crippen molar-refractivity contribution in [2.24, 2.45) is 0 Å². The lowest BCUT2D eigenvalue weighted by Crippen LogP contribution is -2.01. The predicted octanol–water partition coefficient (Wildman–Crippen LogP) is 6.39. The molecule has 0 saturated heterocycles. The van der Waals surface area contributed by atoms with Gasteiger partial charge in [-0.05, 0) is 64.7 Å². The SMILES string of the molecule is [B]c1cc(Br)cc(-c2cc(S)cc(-c3cc(Br)cc(Br)c3)c2)c1. The minimum atomic E-state index is 0.727. The molecule has 0 fully saturated rings. The molecule has 0 N–H and O–H groups in total. The molecular formula is C18H10BBr3S. The summed E-state index contributed by atoms with van der Waals surface area (Å²) in [6.07, 6.45) is 0. The molecule has 0 saturated carbocycles. The van der Waals surface area contributed by atoms with Gasteiger partial charge < -0.3 is 0 Å². The third-order valence-electron chi connectivity index (χ3n) is 3.37. The molecule has 0 heterocycles. The summed E-state index contributed by atoms with van der Waals surface area (Å²) in [5.41, 5.74) is 5.09. The second-order valence-electron chi connectivity index (χ2n) is 5.20. The quantitative estimate of drug-likeness (QED) is 0.301. The van der Waals surface area contributed by atoms with Crippen LogP contribution in [0.5, 0.6) is 0 Å². The summed E-state index contributed by atoms with van der Waals surface area (Å²) in [6.45, 7) is 0. The van der Waals surface area contributed by atoms with Crippen LogP contribution in [0.1, 0.15) is 0 Å². The van der Waals surface area contributed by atoms with Crippen LogP contribution in [0.15, 0.2) is 72.9 Å². The first kappa shape index (κ1) is 17.3. The molecule has 0 aliphatic carbocycles. The van der Waals surface area contributed by atoms with Crippen molar-refractivity contribution in [3.63, 3.8) is 0 Å². The summed E-state index contributed by atoms with van der Waals surface area (Å²) in [6, 6.07) is 18.4. The Balaban J connectivity index is 2.16. The summed E-state index contributed by atoms with van der Waals surface area (Å²) < 4.78 is 3.02. The summed E-state index contributed by atoms with van der Waals surface area (Å²) in [7, 11) is 5.96. The first-order chi connectivity index (χ1) is 10.9. The fourth-order valence-electron chi connectivity index (χ4n) is 2.44. The van der Waals surface area contributed by atoms with E-state index in [2.05, 4.69) is 90.8 Å². The van der Waals surface area contributed by atoms with Crippen molar-refractivity contribution >= 4 is 73.7 Å². The van der Waals surface area contributed by atoms with Crippen molar-refractivity contribution in [2.45, 2.75) is 4.90 Å². The zero-order valence-electron chi connectivity index (χ0n) is 11.9. The molecule has 3 rings (SSSR count). The van der Waals surface area contributed by atoms with Crippen LogP contribution >= 0.6 is 60.4 Å². The maximum Gasteiger partial charge on any atom is 0.113 e. The highest BCUT2D eigenvalue weighted by Crippen LogP contribution is 2.33. The van der Waals surface area contributed by atoms with Crippen molar-refractivity contribution in [2.75, 3.05) is 0 Å². The van der Waals surface area contributed by atoms with Gasteiger partial charge in [-0.3, -0.25) is 0 Å². The molecule has 5 heteroatoms. The molecule has 23 heavy (non-hydrogen) atoms. The Labute approximate surface area is 167 Å². The van der Waals surface area contributed by atoms with Gasteiger partial charge in [-0.25, -0.2) is 0 Å². The number of rotatable bonds is 2. The van der Waals surface area contributed by atoms with E-state index in [4.69, 9.17) is 7.85 Å². The third kappa shape index (κ3) is 4.33. The van der Waals surface area contributed by atoms with E-state index in [1.54, 1.807) is 0 Å². The molecule has 0 bridgehead atoms. The number of benzene rings is 3. The minimum absolute atomic E-state index is 0.727. The van der Waals surface area contributed by atoms with Gasteiger partial charge in [-0.15, -0.1) is 12.6 Å². The molecule has 0 nitrogen and oxygen atoms in total. The van der Waals surface area contributed by atoms with Crippen molar-refractivity contribution in [1.82, 2.24) is 0 Å². The number of thiol groups is 1. The zero-order chi connectivity index (χ0) is 16.6. The summed E-state index contributed by atoms with van der Waals surface area (Å²) in [5, 5.41) is 0. The van der Waals surface area contributed by atoms with Gasteiger partial charge in [0.1, 0.15) is 7.85 Å². The van der Waals surface area contributed by atoms with E-state index in [1.807, 2.05) is 24.3 Å². The normalized spacial score (nSPS) is 10.8. The number of hydrogen-bond acceptors (Lipinski definition) is 1. The van der Waals surface area contributed by atoms with Gasteiger partial charge in [0.2, 0.25) is 0 Å². The zero-order valence-corrected chi connectivity index (χ0v) is 17.5. The van der Waals surface area contributed by atoms with Crippen LogP contribution in [0.2, 0.25) is 0 Å². The lowest BCUT2D eigenvalue weighted by Gasteiger charge is -2.10. The lowest BCUT2D eigenvalue weighted by atomic mass is 9.91. The molecule has 0 aliphatic heterocycles. The molecule has 112 valence electrons. The topological polar surface area (TPSA) is 0 Å². The van der Waals surface area contributed by atoms with Crippen molar-refractivity contribution in [1.29, 1.82) is 0 Å². The second kappa shape index (κ2) is 7.18. The average molecular weight is 509 g/mol. The molecule has 3 aromatic carbocycles. The van der Waals surface area contributed by atoms with Gasteiger partial charge in [0.05, 0.1) is 0 Å². The number of hydrogen-bond donors (Lipinski definition) is 1. The van der Waals surface area contributed by atoms with Gasteiger partial charge in [-0.2, -0.15) is 0 Å². The monoisotopic (exact) mass is 506 g/mol. The molecule has 0 amide bonds. The summed E-state index contributed by atoms with van der Waals surface area (Å²) in [5.74, 6) is 0. The van der Waals surface area contributed by atoms with E-state index >= 15 is 0 Å². The van der Waals surface area contributed by atoms with Crippen LogP contribution < -0.4 is 5.46 Å². The number of halogens is 3. The molecular weight excluding hydrogens is 499 g/mol. The smallest absolute Gasteiger partial charge is 0.113 e. The van der Waals surface area contributed by atoms with Gasteiger partial charge >= 0.3 is 0 Å². The lowest BCUT2D eigenvalue weighted by molar-refractivity contribution is 1.45. The standard InChI is InChI=1S/C18H10BBr3S/c19-14-2-12(3-15(20)8-14)10-1-11(7-18(23)6-10)13-4-16(21)9-17(22)5-13/h1-9,23H. The van der Waals surface area contributed by atoms with Gasteiger partial charge in [0.25, 0.3) is 0 Å². The Morgan fingerprint density at radius 2 is 1.00 bits per heavy atom. The molecule has 0 aliphatic rings. The summed E-state index contributed by atoms with van der Waals surface area (Å²) in [4.78, 5) is 0.909. The minimum Gasteiger partial charge on any atom is -0.143 e. The Bertz CT molecular complexity index is 783. The van der Waals surface area contributed by atoms with E-state index < -0.39 is 0 Å². The van der Waals surface area contributed by atoms with Gasteiger partial charge in [0, 0.05) is 18.3 Å². The van der Waals surface area contributed by atoms with Crippen LogP contribution in [-0.4, -0.2) is 7.85 Å².